The molecule has 1 aliphatic rings. The van der Waals surface area contributed by atoms with Gasteiger partial charge >= 0.3 is 0 Å². The number of anilines is 2. The molecule has 32 heavy (non-hydrogen) atoms. The van der Waals surface area contributed by atoms with Crippen molar-refractivity contribution in [2.75, 3.05) is 23.3 Å². The van der Waals surface area contributed by atoms with Gasteiger partial charge in [-0.05, 0) is 45.2 Å². The lowest BCUT2D eigenvalue weighted by Gasteiger charge is -2.33. The molecule has 1 N–H and O–H groups in total. The van der Waals surface area contributed by atoms with Crippen LogP contribution in [0, 0.1) is 36.8 Å². The van der Waals surface area contributed by atoms with Crippen LogP contribution in [0.1, 0.15) is 29.8 Å². The maximum atomic E-state index is 13.0. The van der Waals surface area contributed by atoms with E-state index in [1.54, 1.807) is 10.7 Å². The number of nitrogens with one attached hydrogen (secondary N) is 1. The lowest BCUT2D eigenvalue weighted by Crippen LogP contribution is -2.41. The number of amides is 1. The SMILES string of the molecule is Cc1cc(C)n(-c2cc(N3CCCC(C(=O)Nc4cc([N+](=O)[O-])ccc4C)C3)ncn2)n1. The van der Waals surface area contributed by atoms with Gasteiger partial charge in [-0.2, -0.15) is 5.10 Å². The maximum absolute atomic E-state index is 13.0. The van der Waals surface area contributed by atoms with Gasteiger partial charge in [-0.25, -0.2) is 14.6 Å². The minimum absolute atomic E-state index is 0.0474. The molecule has 1 fully saturated rings. The summed E-state index contributed by atoms with van der Waals surface area (Å²) < 4.78 is 1.78. The number of non-ortho nitro benzene ring substituents is 1. The van der Waals surface area contributed by atoms with E-state index in [0.29, 0.717) is 18.1 Å². The lowest BCUT2D eigenvalue weighted by atomic mass is 9.96. The van der Waals surface area contributed by atoms with E-state index >= 15 is 0 Å². The highest BCUT2D eigenvalue weighted by molar-refractivity contribution is 5.94. The molecule has 0 radical (unpaired) electrons. The van der Waals surface area contributed by atoms with Crippen LogP contribution in [0.4, 0.5) is 17.2 Å². The fourth-order valence-electron chi connectivity index (χ4n) is 3.98. The van der Waals surface area contributed by atoms with E-state index in [0.717, 1.165) is 42.2 Å². The average Bonchev–Trinajstić information content (AvgIpc) is 3.13. The minimum atomic E-state index is -0.465. The van der Waals surface area contributed by atoms with Crippen molar-refractivity contribution in [1.82, 2.24) is 19.7 Å². The zero-order valence-corrected chi connectivity index (χ0v) is 18.3. The summed E-state index contributed by atoms with van der Waals surface area (Å²) in [5, 5.41) is 18.4. The number of nitro groups is 1. The Labute approximate surface area is 185 Å². The summed E-state index contributed by atoms with van der Waals surface area (Å²) in [6.07, 6.45) is 3.09. The molecule has 1 atom stereocenters. The standard InChI is InChI=1S/C22H25N7O3/c1-14-6-7-18(29(31)32)10-19(14)25-22(30)17-5-4-8-27(12-17)20-11-21(24-13-23-20)28-16(3)9-15(2)26-28/h6-7,9-11,13,17H,4-5,8,12H2,1-3H3,(H,25,30). The van der Waals surface area contributed by atoms with Gasteiger partial charge in [0.15, 0.2) is 5.82 Å². The van der Waals surface area contributed by atoms with Crippen LogP contribution in [0.25, 0.3) is 5.82 Å². The third-order valence-corrected chi connectivity index (χ3v) is 5.67. The van der Waals surface area contributed by atoms with Crippen LogP contribution in [0.3, 0.4) is 0 Å². The predicted octanol–water partition coefficient (Wildman–Crippen LogP) is 3.35. The number of hydrogen-bond acceptors (Lipinski definition) is 7. The molecule has 10 heteroatoms. The smallest absolute Gasteiger partial charge is 0.271 e. The van der Waals surface area contributed by atoms with Gasteiger partial charge in [-0.15, -0.1) is 0 Å². The Kier molecular flexibility index (Phi) is 5.85. The van der Waals surface area contributed by atoms with E-state index in [9.17, 15) is 14.9 Å². The second kappa shape index (κ2) is 8.74. The number of benzene rings is 1. The Balaban J connectivity index is 1.50. The topological polar surface area (TPSA) is 119 Å². The number of nitro benzene ring substituents is 1. The molecule has 4 rings (SSSR count). The summed E-state index contributed by atoms with van der Waals surface area (Å²) in [7, 11) is 0. The molecule has 0 spiro atoms. The molecule has 2 aromatic heterocycles. The van der Waals surface area contributed by atoms with Crippen molar-refractivity contribution in [3.8, 4) is 5.82 Å². The number of carbonyl (C=O) groups is 1. The maximum Gasteiger partial charge on any atom is 0.271 e. The van der Waals surface area contributed by atoms with E-state index in [4.69, 9.17) is 0 Å². The highest BCUT2D eigenvalue weighted by Gasteiger charge is 2.27. The molecule has 0 bridgehead atoms. The highest BCUT2D eigenvalue weighted by atomic mass is 16.6. The van der Waals surface area contributed by atoms with E-state index in [-0.39, 0.29) is 17.5 Å². The van der Waals surface area contributed by atoms with Gasteiger partial charge in [0, 0.05) is 37.0 Å². The van der Waals surface area contributed by atoms with Crippen molar-refractivity contribution < 1.29 is 9.72 Å². The third kappa shape index (κ3) is 4.43. The van der Waals surface area contributed by atoms with Crippen molar-refractivity contribution >= 4 is 23.1 Å². The summed E-state index contributed by atoms with van der Waals surface area (Å²) in [4.78, 5) is 34.4. The first-order valence-electron chi connectivity index (χ1n) is 10.5. The van der Waals surface area contributed by atoms with Gasteiger partial charge in [-0.3, -0.25) is 14.9 Å². The summed E-state index contributed by atoms with van der Waals surface area (Å²) in [6, 6.07) is 8.34. The molecular weight excluding hydrogens is 410 g/mol. The Bertz CT molecular complexity index is 1170. The van der Waals surface area contributed by atoms with Crippen LogP contribution in [0.15, 0.2) is 36.7 Å². The molecule has 166 valence electrons. The van der Waals surface area contributed by atoms with Gasteiger partial charge in [0.25, 0.3) is 5.69 Å². The van der Waals surface area contributed by atoms with Crippen molar-refractivity contribution in [3.05, 3.63) is 63.7 Å². The fraction of sp³-hybridized carbons (Fsp3) is 0.364. The molecule has 1 unspecified atom stereocenters. The normalized spacial score (nSPS) is 16.1. The van der Waals surface area contributed by atoms with Crippen LogP contribution in [0.5, 0.6) is 0 Å². The number of aromatic nitrogens is 4. The fourth-order valence-corrected chi connectivity index (χ4v) is 3.98. The molecule has 1 aromatic carbocycles. The van der Waals surface area contributed by atoms with Crippen molar-refractivity contribution in [2.24, 2.45) is 5.92 Å². The summed E-state index contributed by atoms with van der Waals surface area (Å²) >= 11 is 0. The van der Waals surface area contributed by atoms with Crippen molar-refractivity contribution in [1.29, 1.82) is 0 Å². The summed E-state index contributed by atoms with van der Waals surface area (Å²) in [6.45, 7) is 7.01. The zero-order valence-electron chi connectivity index (χ0n) is 18.3. The Morgan fingerprint density at radius 1 is 1.16 bits per heavy atom. The zero-order chi connectivity index (χ0) is 22.8. The summed E-state index contributed by atoms with van der Waals surface area (Å²) in [5.74, 6) is 1.02. The Morgan fingerprint density at radius 2 is 1.94 bits per heavy atom. The van der Waals surface area contributed by atoms with Gasteiger partial charge in [-0.1, -0.05) is 6.07 Å². The quantitative estimate of drug-likeness (QED) is 0.482. The molecule has 3 aromatic rings. The van der Waals surface area contributed by atoms with Crippen molar-refractivity contribution in [3.63, 3.8) is 0 Å². The van der Waals surface area contributed by atoms with E-state index in [2.05, 4.69) is 25.3 Å². The highest BCUT2D eigenvalue weighted by Crippen LogP contribution is 2.26. The van der Waals surface area contributed by atoms with Crippen LogP contribution >= 0.6 is 0 Å². The number of carbonyl (C=O) groups excluding carboxylic acids is 1. The molecule has 1 saturated heterocycles. The molecule has 1 amide bonds. The first-order valence-corrected chi connectivity index (χ1v) is 10.5. The molecule has 0 saturated carbocycles. The van der Waals surface area contributed by atoms with Gasteiger partial charge in [0.05, 0.1) is 22.2 Å². The monoisotopic (exact) mass is 435 g/mol. The number of rotatable bonds is 5. The molecule has 0 aliphatic carbocycles. The average molecular weight is 435 g/mol. The minimum Gasteiger partial charge on any atom is -0.356 e. The summed E-state index contributed by atoms with van der Waals surface area (Å²) in [5.41, 5.74) is 3.09. The van der Waals surface area contributed by atoms with Gasteiger partial charge in [0.2, 0.25) is 5.91 Å². The second-order valence-electron chi connectivity index (χ2n) is 8.10. The van der Waals surface area contributed by atoms with Gasteiger partial charge < -0.3 is 10.2 Å². The second-order valence-corrected chi connectivity index (χ2v) is 8.10. The molecular formula is C22H25N7O3. The first-order chi connectivity index (χ1) is 15.3. The number of hydrogen-bond donors (Lipinski definition) is 1. The molecule has 1 aliphatic heterocycles. The molecule has 3 heterocycles. The van der Waals surface area contributed by atoms with Crippen molar-refractivity contribution in [2.45, 2.75) is 33.6 Å². The number of aryl methyl sites for hydroxylation is 3. The van der Waals surface area contributed by atoms with Crippen LogP contribution in [-0.2, 0) is 4.79 Å². The third-order valence-electron chi connectivity index (χ3n) is 5.67. The van der Waals surface area contributed by atoms with Crippen LogP contribution < -0.4 is 10.2 Å². The molecule has 10 nitrogen and oxygen atoms in total. The van der Waals surface area contributed by atoms with E-state index in [1.165, 1.54) is 18.5 Å². The van der Waals surface area contributed by atoms with E-state index in [1.807, 2.05) is 32.9 Å². The Morgan fingerprint density at radius 3 is 2.66 bits per heavy atom. The van der Waals surface area contributed by atoms with Gasteiger partial charge in [0.1, 0.15) is 12.1 Å². The van der Waals surface area contributed by atoms with Crippen LogP contribution in [0.2, 0.25) is 0 Å². The lowest BCUT2D eigenvalue weighted by molar-refractivity contribution is -0.384. The first kappa shape index (κ1) is 21.4. The van der Waals surface area contributed by atoms with E-state index < -0.39 is 4.92 Å². The number of piperidine rings is 1. The van der Waals surface area contributed by atoms with Crippen LogP contribution in [-0.4, -0.2) is 43.7 Å². The number of nitrogens with zero attached hydrogens (tertiary/aromatic N) is 6. The largest absolute Gasteiger partial charge is 0.356 e. The Hall–Kier alpha value is -3.82. The predicted molar refractivity (Wildman–Crippen MR) is 120 cm³/mol.